The molecule has 190 valence electrons. The third kappa shape index (κ3) is 4.29. The van der Waals surface area contributed by atoms with Crippen LogP contribution in [-0.2, 0) is 11.3 Å². The van der Waals surface area contributed by atoms with Crippen molar-refractivity contribution in [3.05, 3.63) is 30.5 Å². The number of aromatic nitrogens is 6. The van der Waals surface area contributed by atoms with Gasteiger partial charge in [0.25, 0.3) is 5.92 Å². The zero-order chi connectivity index (χ0) is 25.6. The quantitative estimate of drug-likeness (QED) is 0.432. The van der Waals surface area contributed by atoms with Crippen molar-refractivity contribution in [2.75, 3.05) is 25.5 Å². The number of amides is 1. The Labute approximate surface area is 204 Å². The molecule has 1 aliphatic rings. The number of ether oxygens (including phenoxy) is 1. The third-order valence-electron chi connectivity index (χ3n) is 6.27. The average molecular weight is 503 g/mol. The summed E-state index contributed by atoms with van der Waals surface area (Å²) in [5.74, 6) is -3.36. The number of anilines is 1. The molecule has 4 heterocycles. The van der Waals surface area contributed by atoms with Crippen molar-refractivity contribution < 1.29 is 22.7 Å². The summed E-state index contributed by atoms with van der Waals surface area (Å²) in [6.45, 7) is 2.36. The number of alkyl halides is 3. The van der Waals surface area contributed by atoms with Crippen LogP contribution in [0.25, 0.3) is 27.7 Å². The highest BCUT2D eigenvalue weighted by molar-refractivity contribution is 5.89. The number of methoxy groups -OCH3 is 1. The van der Waals surface area contributed by atoms with Gasteiger partial charge in [0.2, 0.25) is 17.7 Å². The first-order valence-corrected chi connectivity index (χ1v) is 11.5. The first-order valence-electron chi connectivity index (χ1n) is 11.5. The van der Waals surface area contributed by atoms with E-state index in [1.54, 1.807) is 12.3 Å². The SMILES string of the molecule is COc1nc(N[C@@H]2CCN(C(C)=O)CC2(F)F)nn2ccc(-c3ccc4nnn(C[C@@H](C)F)c4c3)c12. The van der Waals surface area contributed by atoms with Gasteiger partial charge in [0.1, 0.15) is 17.2 Å². The molecular weight excluding hydrogens is 477 g/mol. The number of nitrogens with one attached hydrogen (secondary N) is 1. The maximum Gasteiger partial charge on any atom is 0.285 e. The summed E-state index contributed by atoms with van der Waals surface area (Å²) in [6.07, 6.45) is 0.641. The molecule has 0 bridgehead atoms. The molecule has 5 rings (SSSR count). The van der Waals surface area contributed by atoms with Crippen LogP contribution in [-0.4, -0.2) is 78.7 Å². The summed E-state index contributed by atoms with van der Waals surface area (Å²) >= 11 is 0. The minimum absolute atomic E-state index is 0.0166. The number of piperidine rings is 1. The second-order valence-corrected chi connectivity index (χ2v) is 8.91. The number of rotatable bonds is 6. The fourth-order valence-electron chi connectivity index (χ4n) is 4.48. The van der Waals surface area contributed by atoms with Gasteiger partial charge in [-0.15, -0.1) is 10.2 Å². The number of carbonyl (C=O) groups excluding carboxylic acids is 1. The number of hydrogen-bond acceptors (Lipinski definition) is 7. The lowest BCUT2D eigenvalue weighted by molar-refractivity contribution is -0.140. The Morgan fingerprint density at radius 2 is 2.14 bits per heavy atom. The molecule has 0 unspecified atom stereocenters. The molecule has 1 saturated heterocycles. The summed E-state index contributed by atoms with van der Waals surface area (Å²) < 4.78 is 51.5. The molecule has 2 atom stereocenters. The fourth-order valence-corrected chi connectivity index (χ4v) is 4.48. The Morgan fingerprint density at radius 3 is 2.83 bits per heavy atom. The van der Waals surface area contributed by atoms with E-state index in [4.69, 9.17) is 4.74 Å². The highest BCUT2D eigenvalue weighted by Gasteiger charge is 2.45. The third-order valence-corrected chi connectivity index (χ3v) is 6.27. The maximum absolute atomic E-state index is 14.7. The van der Waals surface area contributed by atoms with E-state index in [0.717, 1.165) is 16.0 Å². The molecule has 0 spiro atoms. The van der Waals surface area contributed by atoms with Gasteiger partial charge in [-0.05, 0) is 37.1 Å². The summed E-state index contributed by atoms with van der Waals surface area (Å²) in [5.41, 5.74) is 3.37. The molecule has 13 heteroatoms. The van der Waals surface area contributed by atoms with Crippen LogP contribution < -0.4 is 10.1 Å². The van der Waals surface area contributed by atoms with Gasteiger partial charge in [-0.3, -0.25) is 4.79 Å². The van der Waals surface area contributed by atoms with E-state index in [0.29, 0.717) is 16.6 Å². The van der Waals surface area contributed by atoms with Crippen molar-refractivity contribution in [2.45, 2.75) is 44.9 Å². The average Bonchev–Trinajstić information content (AvgIpc) is 3.43. The molecule has 1 fully saturated rings. The Morgan fingerprint density at radius 1 is 1.33 bits per heavy atom. The van der Waals surface area contributed by atoms with Crippen LogP contribution in [0.4, 0.5) is 19.1 Å². The molecule has 0 radical (unpaired) electrons. The number of nitrogens with zero attached hydrogens (tertiary/aromatic N) is 7. The molecule has 0 saturated carbocycles. The Balaban J connectivity index is 1.48. The topological polar surface area (TPSA) is 102 Å². The number of halogens is 3. The highest BCUT2D eigenvalue weighted by Crippen LogP contribution is 2.34. The normalized spacial score (nSPS) is 18.5. The van der Waals surface area contributed by atoms with Gasteiger partial charge in [0, 0.05) is 25.2 Å². The van der Waals surface area contributed by atoms with E-state index in [9.17, 15) is 18.0 Å². The molecule has 10 nitrogen and oxygen atoms in total. The van der Waals surface area contributed by atoms with Crippen molar-refractivity contribution in [1.82, 2.24) is 34.5 Å². The van der Waals surface area contributed by atoms with Crippen molar-refractivity contribution in [2.24, 2.45) is 0 Å². The van der Waals surface area contributed by atoms with Gasteiger partial charge in [-0.1, -0.05) is 11.3 Å². The van der Waals surface area contributed by atoms with Gasteiger partial charge < -0.3 is 15.0 Å². The lowest BCUT2D eigenvalue weighted by Gasteiger charge is -2.38. The van der Waals surface area contributed by atoms with Gasteiger partial charge in [0.05, 0.1) is 31.8 Å². The number of benzene rings is 1. The van der Waals surface area contributed by atoms with Crippen molar-refractivity contribution in [3.8, 4) is 17.0 Å². The summed E-state index contributed by atoms with van der Waals surface area (Å²) in [6, 6.07) is 6.06. The second-order valence-electron chi connectivity index (χ2n) is 8.91. The van der Waals surface area contributed by atoms with Crippen LogP contribution in [0.2, 0.25) is 0 Å². The largest absolute Gasteiger partial charge is 0.479 e. The number of hydrogen-bond donors (Lipinski definition) is 1. The predicted molar refractivity (Wildman–Crippen MR) is 126 cm³/mol. The molecule has 1 amide bonds. The molecule has 1 aromatic carbocycles. The number of fused-ring (bicyclic) bond motifs is 2. The van der Waals surface area contributed by atoms with Crippen molar-refractivity contribution >= 4 is 28.4 Å². The van der Waals surface area contributed by atoms with E-state index >= 15 is 0 Å². The van der Waals surface area contributed by atoms with E-state index in [2.05, 4.69) is 25.7 Å². The van der Waals surface area contributed by atoms with Crippen molar-refractivity contribution in [3.63, 3.8) is 0 Å². The predicted octanol–water partition coefficient (Wildman–Crippen LogP) is 3.18. The van der Waals surface area contributed by atoms with Crippen molar-refractivity contribution in [1.29, 1.82) is 0 Å². The fraction of sp³-hybridized carbons (Fsp3) is 0.435. The standard InChI is InChI=1S/C23H25F3N8O2/c1-13(24)11-34-18-10-15(4-5-17(18)29-31-34)16-6-9-33-20(16)21(36-3)28-22(30-33)27-19-7-8-32(14(2)35)12-23(19,25)26/h4-6,9-10,13,19H,7-8,11-12H2,1-3H3,(H,27,30)/t13-,19-/m1/s1. The van der Waals surface area contributed by atoms with E-state index in [-0.39, 0.29) is 37.2 Å². The first kappa shape index (κ1) is 23.8. The zero-order valence-corrected chi connectivity index (χ0v) is 20.0. The van der Waals surface area contributed by atoms with E-state index in [1.807, 2.05) is 18.2 Å². The molecule has 1 N–H and O–H groups in total. The van der Waals surface area contributed by atoms with Gasteiger partial charge in [-0.25, -0.2) is 22.4 Å². The minimum atomic E-state index is -3.15. The number of likely N-dealkylation sites (tertiary alicyclic amines) is 1. The van der Waals surface area contributed by atoms with Crippen LogP contribution in [0.1, 0.15) is 20.3 Å². The van der Waals surface area contributed by atoms with Gasteiger partial charge in [-0.2, -0.15) is 4.98 Å². The molecule has 0 aliphatic carbocycles. The van der Waals surface area contributed by atoms with Gasteiger partial charge in [0.15, 0.2) is 0 Å². The van der Waals surface area contributed by atoms with Crippen LogP contribution >= 0.6 is 0 Å². The highest BCUT2D eigenvalue weighted by atomic mass is 19.3. The molecule has 4 aromatic rings. The van der Waals surface area contributed by atoms with Crippen LogP contribution in [0, 0.1) is 0 Å². The Bertz CT molecular complexity index is 1430. The summed E-state index contributed by atoms with van der Waals surface area (Å²) in [5, 5.41) is 15.2. The lowest BCUT2D eigenvalue weighted by Crippen LogP contribution is -2.55. The zero-order valence-electron chi connectivity index (χ0n) is 20.0. The Hall–Kier alpha value is -3.90. The molecule has 3 aromatic heterocycles. The van der Waals surface area contributed by atoms with E-state index < -0.39 is 24.7 Å². The minimum Gasteiger partial charge on any atom is -0.479 e. The maximum atomic E-state index is 14.7. The summed E-state index contributed by atoms with van der Waals surface area (Å²) in [7, 11) is 1.44. The summed E-state index contributed by atoms with van der Waals surface area (Å²) in [4.78, 5) is 17.0. The second kappa shape index (κ2) is 8.95. The van der Waals surface area contributed by atoms with Gasteiger partial charge >= 0.3 is 0 Å². The lowest BCUT2D eigenvalue weighted by atomic mass is 10.0. The number of carbonyl (C=O) groups is 1. The molecule has 1 aliphatic heterocycles. The smallest absolute Gasteiger partial charge is 0.285 e. The molecule has 36 heavy (non-hydrogen) atoms. The monoisotopic (exact) mass is 502 g/mol. The first-order chi connectivity index (χ1) is 17.2. The van der Waals surface area contributed by atoms with Crippen LogP contribution in [0.3, 0.4) is 0 Å². The van der Waals surface area contributed by atoms with Crippen LogP contribution in [0.5, 0.6) is 5.88 Å². The molecular formula is C23H25F3N8O2. The van der Waals surface area contributed by atoms with Crippen LogP contribution in [0.15, 0.2) is 30.5 Å². The van der Waals surface area contributed by atoms with E-state index in [1.165, 1.54) is 30.2 Å². The Kier molecular flexibility index (Phi) is 5.92.